The Kier molecular flexibility index (Phi) is 7.42. The van der Waals surface area contributed by atoms with E-state index in [0.717, 1.165) is 43.1 Å². The molecule has 196 valence electrons. The van der Waals surface area contributed by atoms with Crippen LogP contribution in [0.2, 0.25) is 0 Å². The molecule has 0 bridgehead atoms. The van der Waals surface area contributed by atoms with Crippen LogP contribution in [0.1, 0.15) is 56.3 Å². The molecule has 0 unspecified atom stereocenters. The number of carboxylic acid groups (broad SMARTS) is 1. The van der Waals surface area contributed by atoms with E-state index in [1.54, 1.807) is 4.68 Å². The van der Waals surface area contributed by atoms with Gasteiger partial charge in [-0.3, -0.25) is 4.79 Å². The highest BCUT2D eigenvalue weighted by Crippen LogP contribution is 2.32. The fourth-order valence-electron chi connectivity index (χ4n) is 4.66. The van der Waals surface area contributed by atoms with Crippen molar-refractivity contribution in [2.24, 2.45) is 18.9 Å². The maximum absolute atomic E-state index is 11.4. The molecule has 0 aliphatic heterocycles. The second-order valence-electron chi connectivity index (χ2n) is 9.88. The number of aryl methyl sites for hydroxylation is 2. The zero-order valence-corrected chi connectivity index (χ0v) is 21.2. The molecule has 2 aliphatic rings. The van der Waals surface area contributed by atoms with Crippen molar-refractivity contribution >= 4 is 17.9 Å². The van der Waals surface area contributed by atoms with Gasteiger partial charge >= 0.3 is 5.97 Å². The fourth-order valence-corrected chi connectivity index (χ4v) is 4.66. The minimum Gasteiger partial charge on any atom is -0.489 e. The molecule has 12 nitrogen and oxygen atoms in total. The van der Waals surface area contributed by atoms with Gasteiger partial charge in [-0.1, -0.05) is 18.1 Å². The Morgan fingerprint density at radius 1 is 1.14 bits per heavy atom. The van der Waals surface area contributed by atoms with Crippen LogP contribution >= 0.6 is 0 Å². The average molecular weight is 508 g/mol. The molecule has 0 spiro atoms. The molecule has 0 amide bonds. The number of nitrogens with one attached hydrogen (secondary N) is 2. The second-order valence-corrected chi connectivity index (χ2v) is 9.88. The summed E-state index contributed by atoms with van der Waals surface area (Å²) < 4.78 is 7.85. The van der Waals surface area contributed by atoms with Crippen molar-refractivity contribution in [2.45, 2.75) is 64.5 Å². The number of hydrogen-bond donors (Lipinski definition) is 3. The topological polar surface area (TPSA) is 153 Å². The Hall–Kier alpha value is -3.83. The summed E-state index contributed by atoms with van der Waals surface area (Å²) in [5.41, 5.74) is 2.89. The van der Waals surface area contributed by atoms with Gasteiger partial charge in [-0.05, 0) is 57.1 Å². The number of rotatable bonds is 11. The Balaban J connectivity index is 1.23. The van der Waals surface area contributed by atoms with E-state index in [2.05, 4.69) is 35.9 Å². The van der Waals surface area contributed by atoms with Gasteiger partial charge in [-0.2, -0.15) is 4.98 Å². The largest absolute Gasteiger partial charge is 0.489 e. The summed E-state index contributed by atoms with van der Waals surface area (Å²) in [5, 5.41) is 24.4. The van der Waals surface area contributed by atoms with Crippen LogP contribution in [0.25, 0.3) is 11.4 Å². The number of carboxylic acids is 1. The molecule has 3 aromatic heterocycles. The van der Waals surface area contributed by atoms with Crippen LogP contribution in [0.15, 0.2) is 18.5 Å². The first kappa shape index (κ1) is 24.8. The number of aliphatic carboxylic acids is 1. The lowest BCUT2D eigenvalue weighted by Gasteiger charge is -2.27. The molecule has 2 aliphatic carbocycles. The summed E-state index contributed by atoms with van der Waals surface area (Å²) >= 11 is 0. The Morgan fingerprint density at radius 3 is 2.70 bits per heavy atom. The molecule has 3 aromatic rings. The zero-order valence-electron chi connectivity index (χ0n) is 21.2. The van der Waals surface area contributed by atoms with Gasteiger partial charge in [-0.25, -0.2) is 19.6 Å². The molecule has 5 rings (SSSR count). The Labute approximate surface area is 215 Å². The van der Waals surface area contributed by atoms with Crippen LogP contribution in [0.5, 0.6) is 5.75 Å². The monoisotopic (exact) mass is 507 g/mol. The van der Waals surface area contributed by atoms with Crippen molar-refractivity contribution in [2.75, 3.05) is 17.2 Å². The summed E-state index contributed by atoms with van der Waals surface area (Å²) in [6, 6.07) is 3.73. The van der Waals surface area contributed by atoms with E-state index < -0.39 is 5.97 Å². The lowest BCUT2D eigenvalue weighted by molar-refractivity contribution is -0.143. The van der Waals surface area contributed by atoms with E-state index in [1.807, 2.05) is 26.1 Å². The lowest BCUT2D eigenvalue weighted by atomic mass is 9.87. The van der Waals surface area contributed by atoms with E-state index in [0.29, 0.717) is 48.4 Å². The van der Waals surface area contributed by atoms with Crippen LogP contribution in [0.4, 0.5) is 11.9 Å². The van der Waals surface area contributed by atoms with Crippen molar-refractivity contribution in [1.29, 1.82) is 0 Å². The van der Waals surface area contributed by atoms with Crippen LogP contribution in [-0.4, -0.2) is 58.7 Å². The van der Waals surface area contributed by atoms with Crippen molar-refractivity contribution < 1.29 is 14.6 Å². The number of carbonyl (C=O) groups is 1. The molecule has 2 saturated carbocycles. The van der Waals surface area contributed by atoms with Gasteiger partial charge in [0.2, 0.25) is 11.9 Å². The van der Waals surface area contributed by atoms with Gasteiger partial charge in [0.25, 0.3) is 0 Å². The van der Waals surface area contributed by atoms with Gasteiger partial charge in [0.15, 0.2) is 0 Å². The van der Waals surface area contributed by atoms with Crippen LogP contribution in [0.3, 0.4) is 0 Å². The van der Waals surface area contributed by atoms with E-state index >= 15 is 0 Å². The fraction of sp³-hybridized carbons (Fsp3) is 0.560. The minimum absolute atomic E-state index is 0.120. The van der Waals surface area contributed by atoms with Crippen molar-refractivity contribution in [1.82, 2.24) is 34.9 Å². The molecule has 12 heteroatoms. The summed E-state index contributed by atoms with van der Waals surface area (Å²) in [6.45, 7) is 3.14. The quantitative estimate of drug-likeness (QED) is 0.350. The molecule has 0 radical (unpaired) electrons. The predicted octanol–water partition coefficient (Wildman–Crippen LogP) is 3.22. The Bertz CT molecular complexity index is 1240. The number of nitrogens with zero attached hydrogens (tertiary/aromatic N) is 7. The number of hydrogen-bond acceptors (Lipinski definition) is 10. The molecule has 3 heterocycles. The molecule has 2 atom stereocenters. The first-order valence-corrected chi connectivity index (χ1v) is 12.9. The van der Waals surface area contributed by atoms with Gasteiger partial charge in [0.05, 0.1) is 35.6 Å². The molecular formula is C25H33N9O3. The summed E-state index contributed by atoms with van der Waals surface area (Å²) in [6.07, 6.45) is 8.08. The standard InChI is InChI=1S/C25H33N9O3/c1-15-21(37-18-5-3-4-17(12-18)23(35)36)9-8-19(30-15)22-20(34(2)33-32-22)13-27-25-29-14-28-24(31-25)26-11-10-16-6-7-16/h8-9,14,16-18H,3-7,10-13H2,1-2H3,(H,35,36)(H2,26,27,28,29,31)/t17-,18-/m0/s1. The van der Waals surface area contributed by atoms with E-state index in [-0.39, 0.29) is 12.0 Å². The average Bonchev–Trinajstić information content (AvgIpc) is 3.65. The van der Waals surface area contributed by atoms with Crippen molar-refractivity contribution in [3.8, 4) is 17.1 Å². The molecule has 37 heavy (non-hydrogen) atoms. The first-order valence-electron chi connectivity index (χ1n) is 12.9. The van der Waals surface area contributed by atoms with Gasteiger partial charge < -0.3 is 20.5 Å². The SMILES string of the molecule is Cc1nc(-c2nnn(C)c2CNc2ncnc(NCCC3CC3)n2)ccc1O[C@H]1CCC[C@H](C(=O)O)C1. The van der Waals surface area contributed by atoms with Gasteiger partial charge in [0.1, 0.15) is 17.8 Å². The third-order valence-electron chi connectivity index (χ3n) is 7.01. The van der Waals surface area contributed by atoms with E-state index in [4.69, 9.17) is 9.72 Å². The normalized spacial score (nSPS) is 19.4. The van der Waals surface area contributed by atoms with Crippen LogP contribution in [0, 0.1) is 18.8 Å². The highest BCUT2D eigenvalue weighted by atomic mass is 16.5. The van der Waals surface area contributed by atoms with E-state index in [1.165, 1.54) is 19.2 Å². The highest BCUT2D eigenvalue weighted by Gasteiger charge is 2.28. The summed E-state index contributed by atoms with van der Waals surface area (Å²) in [4.78, 5) is 29.0. The zero-order chi connectivity index (χ0) is 25.8. The second kappa shape index (κ2) is 11.1. The van der Waals surface area contributed by atoms with Crippen molar-refractivity contribution in [3.63, 3.8) is 0 Å². The molecule has 2 fully saturated rings. The minimum atomic E-state index is -0.750. The number of aromatic nitrogens is 7. The third kappa shape index (κ3) is 6.30. The number of pyridine rings is 1. The lowest BCUT2D eigenvalue weighted by Crippen LogP contribution is -2.29. The third-order valence-corrected chi connectivity index (χ3v) is 7.01. The highest BCUT2D eigenvalue weighted by molar-refractivity contribution is 5.70. The Morgan fingerprint density at radius 2 is 1.95 bits per heavy atom. The number of anilines is 2. The molecule has 0 saturated heterocycles. The van der Waals surface area contributed by atoms with Crippen LogP contribution in [-0.2, 0) is 18.4 Å². The maximum Gasteiger partial charge on any atom is 0.306 e. The van der Waals surface area contributed by atoms with Crippen LogP contribution < -0.4 is 15.4 Å². The molecular weight excluding hydrogens is 474 g/mol. The molecule has 0 aromatic carbocycles. The maximum atomic E-state index is 11.4. The predicted molar refractivity (Wildman–Crippen MR) is 136 cm³/mol. The smallest absolute Gasteiger partial charge is 0.306 e. The summed E-state index contributed by atoms with van der Waals surface area (Å²) in [7, 11) is 1.83. The summed E-state index contributed by atoms with van der Waals surface area (Å²) in [5.74, 6) is 1.44. The van der Waals surface area contributed by atoms with Gasteiger partial charge in [0, 0.05) is 13.6 Å². The first-order chi connectivity index (χ1) is 18.0. The van der Waals surface area contributed by atoms with Gasteiger partial charge in [-0.15, -0.1) is 5.10 Å². The molecule has 3 N–H and O–H groups in total. The van der Waals surface area contributed by atoms with E-state index in [9.17, 15) is 9.90 Å². The number of ether oxygens (including phenoxy) is 1. The van der Waals surface area contributed by atoms with Crippen molar-refractivity contribution in [3.05, 3.63) is 29.8 Å².